The summed E-state index contributed by atoms with van der Waals surface area (Å²) in [5, 5.41) is 0. The molecule has 1 unspecified atom stereocenters. The Morgan fingerprint density at radius 2 is 2.18 bits per heavy atom. The van der Waals surface area contributed by atoms with Crippen LogP contribution in [0, 0.1) is 11.8 Å². The summed E-state index contributed by atoms with van der Waals surface area (Å²) < 4.78 is 0. The summed E-state index contributed by atoms with van der Waals surface area (Å²) in [6.45, 7) is 8.76. The van der Waals surface area contributed by atoms with Crippen molar-refractivity contribution in [2.75, 3.05) is 0 Å². The van der Waals surface area contributed by atoms with Gasteiger partial charge in [0.2, 0.25) is 0 Å². The summed E-state index contributed by atoms with van der Waals surface area (Å²) in [7, 11) is 0. The molecule has 0 nitrogen and oxygen atoms in total. The van der Waals surface area contributed by atoms with Crippen molar-refractivity contribution in [1.82, 2.24) is 0 Å². The van der Waals surface area contributed by atoms with Crippen molar-refractivity contribution < 1.29 is 0 Å². The second-order valence-electron chi connectivity index (χ2n) is 4.23. The van der Waals surface area contributed by atoms with Gasteiger partial charge in [-0.15, -0.1) is 0 Å². The molecular weight excluding hydrogens is 132 g/mol. The molecule has 0 aromatic rings. The largest absolute Gasteiger partial charge is 0.0996 e. The van der Waals surface area contributed by atoms with Crippen molar-refractivity contribution in [2.45, 2.75) is 46.0 Å². The van der Waals surface area contributed by atoms with E-state index in [2.05, 4.69) is 20.4 Å². The van der Waals surface area contributed by atoms with Crippen LogP contribution in [0.3, 0.4) is 0 Å². The topological polar surface area (TPSA) is 0 Å². The molecule has 0 aliphatic heterocycles. The van der Waals surface area contributed by atoms with Gasteiger partial charge in [-0.1, -0.05) is 32.4 Å². The van der Waals surface area contributed by atoms with Crippen LogP contribution < -0.4 is 0 Å². The maximum atomic E-state index is 4.15. The Kier molecular flexibility index (Phi) is 3.16. The Morgan fingerprint density at radius 3 is 2.73 bits per heavy atom. The van der Waals surface area contributed by atoms with Crippen molar-refractivity contribution >= 4 is 0 Å². The van der Waals surface area contributed by atoms with E-state index in [1.165, 1.54) is 37.7 Å². The minimum absolute atomic E-state index is 0.842. The predicted octanol–water partition coefficient (Wildman–Crippen LogP) is 3.78. The summed E-state index contributed by atoms with van der Waals surface area (Å²) in [5.74, 6) is 1.69. The second-order valence-corrected chi connectivity index (χ2v) is 4.23. The summed E-state index contributed by atoms with van der Waals surface area (Å²) in [5.41, 5.74) is 1.52. The zero-order valence-electron chi connectivity index (χ0n) is 7.90. The highest BCUT2D eigenvalue weighted by atomic mass is 14.2. The lowest BCUT2D eigenvalue weighted by Crippen LogP contribution is -2.11. The van der Waals surface area contributed by atoms with Gasteiger partial charge in [-0.2, -0.15) is 0 Å². The molecule has 1 rings (SSSR count). The molecule has 1 aliphatic rings. The third-order valence-corrected chi connectivity index (χ3v) is 2.63. The molecule has 0 spiro atoms. The maximum Gasteiger partial charge on any atom is -0.0203 e. The van der Waals surface area contributed by atoms with E-state index in [0.29, 0.717) is 0 Å². The van der Waals surface area contributed by atoms with Gasteiger partial charge in [0.15, 0.2) is 0 Å². The average molecular weight is 152 g/mol. The van der Waals surface area contributed by atoms with Crippen LogP contribution in [0.1, 0.15) is 46.0 Å². The first kappa shape index (κ1) is 8.83. The van der Waals surface area contributed by atoms with Crippen LogP contribution in [0.2, 0.25) is 0 Å². The molecule has 0 radical (unpaired) electrons. The molecule has 1 fully saturated rings. The van der Waals surface area contributed by atoms with Crippen molar-refractivity contribution in [2.24, 2.45) is 11.8 Å². The zero-order chi connectivity index (χ0) is 8.27. The third kappa shape index (κ3) is 2.69. The smallest absolute Gasteiger partial charge is 0.0203 e. The van der Waals surface area contributed by atoms with Gasteiger partial charge in [0.25, 0.3) is 0 Å². The van der Waals surface area contributed by atoms with Gasteiger partial charge in [-0.3, -0.25) is 0 Å². The normalized spacial score (nSPS) is 26.1. The summed E-state index contributed by atoms with van der Waals surface area (Å²) in [4.78, 5) is 0. The predicted molar refractivity (Wildman–Crippen MR) is 50.6 cm³/mol. The average Bonchev–Trinajstić information content (AvgIpc) is 1.93. The molecule has 0 N–H and O–H groups in total. The molecule has 0 aromatic carbocycles. The van der Waals surface area contributed by atoms with Crippen LogP contribution in [0.5, 0.6) is 0 Å². The lowest BCUT2D eigenvalue weighted by Gasteiger charge is -2.25. The first-order valence-corrected chi connectivity index (χ1v) is 4.88. The molecule has 0 heteroatoms. The van der Waals surface area contributed by atoms with Crippen LogP contribution in [-0.4, -0.2) is 0 Å². The van der Waals surface area contributed by atoms with Crippen LogP contribution in [0.15, 0.2) is 12.2 Å². The summed E-state index contributed by atoms with van der Waals surface area (Å²) in [6, 6.07) is 0. The highest BCUT2D eigenvalue weighted by Crippen LogP contribution is 2.32. The number of hydrogen-bond donors (Lipinski definition) is 0. The van der Waals surface area contributed by atoms with Crippen LogP contribution in [0.25, 0.3) is 0 Å². The molecule has 0 bridgehead atoms. The monoisotopic (exact) mass is 152 g/mol. The third-order valence-electron chi connectivity index (χ3n) is 2.63. The Morgan fingerprint density at radius 1 is 1.45 bits per heavy atom. The fourth-order valence-electron chi connectivity index (χ4n) is 2.00. The SMILES string of the molecule is C=C1CCCCC1CC(C)C. The van der Waals surface area contributed by atoms with Crippen LogP contribution >= 0.6 is 0 Å². The van der Waals surface area contributed by atoms with Crippen LogP contribution in [-0.2, 0) is 0 Å². The van der Waals surface area contributed by atoms with Crippen LogP contribution in [0.4, 0.5) is 0 Å². The molecule has 1 saturated carbocycles. The molecule has 0 saturated heterocycles. The summed E-state index contributed by atoms with van der Waals surface area (Å²) in [6.07, 6.45) is 6.86. The van der Waals surface area contributed by atoms with E-state index in [4.69, 9.17) is 0 Å². The molecular formula is C11H20. The highest BCUT2D eigenvalue weighted by molar-refractivity contribution is 5.03. The maximum absolute atomic E-state index is 4.15. The molecule has 1 atom stereocenters. The van der Waals surface area contributed by atoms with E-state index in [1.807, 2.05) is 0 Å². The number of hydrogen-bond acceptors (Lipinski definition) is 0. The van der Waals surface area contributed by atoms with E-state index in [9.17, 15) is 0 Å². The van der Waals surface area contributed by atoms with Gasteiger partial charge < -0.3 is 0 Å². The molecule has 1 aliphatic carbocycles. The van der Waals surface area contributed by atoms with E-state index in [-0.39, 0.29) is 0 Å². The fourth-order valence-corrected chi connectivity index (χ4v) is 2.00. The minimum Gasteiger partial charge on any atom is -0.0996 e. The fraction of sp³-hybridized carbons (Fsp3) is 0.818. The molecule has 64 valence electrons. The Bertz CT molecular complexity index is 133. The number of allylic oxidation sites excluding steroid dienone is 1. The Labute approximate surface area is 70.7 Å². The number of rotatable bonds is 2. The standard InChI is InChI=1S/C11H20/c1-9(2)8-11-7-5-4-6-10(11)3/h9,11H,3-8H2,1-2H3. The molecule has 11 heavy (non-hydrogen) atoms. The van der Waals surface area contributed by atoms with Gasteiger partial charge in [-0.05, 0) is 37.5 Å². The van der Waals surface area contributed by atoms with Crippen molar-refractivity contribution in [3.8, 4) is 0 Å². The van der Waals surface area contributed by atoms with Crippen molar-refractivity contribution in [3.05, 3.63) is 12.2 Å². The van der Waals surface area contributed by atoms with Gasteiger partial charge in [-0.25, -0.2) is 0 Å². The van der Waals surface area contributed by atoms with Gasteiger partial charge >= 0.3 is 0 Å². The molecule has 0 aromatic heterocycles. The first-order valence-electron chi connectivity index (χ1n) is 4.88. The van der Waals surface area contributed by atoms with E-state index in [1.54, 1.807) is 0 Å². The van der Waals surface area contributed by atoms with Crippen molar-refractivity contribution in [3.63, 3.8) is 0 Å². The van der Waals surface area contributed by atoms with E-state index < -0.39 is 0 Å². The zero-order valence-corrected chi connectivity index (χ0v) is 7.90. The lowest BCUT2D eigenvalue weighted by atomic mass is 9.80. The van der Waals surface area contributed by atoms with Gasteiger partial charge in [0.1, 0.15) is 0 Å². The summed E-state index contributed by atoms with van der Waals surface area (Å²) >= 11 is 0. The Hall–Kier alpha value is -0.260. The van der Waals surface area contributed by atoms with E-state index >= 15 is 0 Å². The van der Waals surface area contributed by atoms with Crippen molar-refractivity contribution in [1.29, 1.82) is 0 Å². The first-order chi connectivity index (χ1) is 5.20. The second kappa shape index (κ2) is 3.94. The van der Waals surface area contributed by atoms with Gasteiger partial charge in [0, 0.05) is 0 Å². The van der Waals surface area contributed by atoms with E-state index in [0.717, 1.165) is 11.8 Å². The molecule has 0 heterocycles. The Balaban J connectivity index is 2.36. The quantitative estimate of drug-likeness (QED) is 0.528. The molecule has 0 amide bonds. The minimum atomic E-state index is 0.842. The highest BCUT2D eigenvalue weighted by Gasteiger charge is 2.17. The van der Waals surface area contributed by atoms with Gasteiger partial charge in [0.05, 0.1) is 0 Å². The lowest BCUT2D eigenvalue weighted by molar-refractivity contribution is 0.380.